The van der Waals surface area contributed by atoms with Gasteiger partial charge in [0, 0.05) is 22.4 Å². The Labute approximate surface area is 144 Å². The molecule has 24 heavy (non-hydrogen) atoms. The second kappa shape index (κ2) is 8.03. The second-order valence-corrected chi connectivity index (χ2v) is 7.11. The number of para-hydroxylation sites is 1. The molecule has 0 aliphatic carbocycles. The van der Waals surface area contributed by atoms with Crippen molar-refractivity contribution in [2.75, 3.05) is 0 Å². The molecular formula is C17H20N2O4S. The van der Waals surface area contributed by atoms with Crippen LogP contribution in [-0.4, -0.2) is 22.0 Å². The quantitative estimate of drug-likeness (QED) is 0.557. The Morgan fingerprint density at radius 2 is 2.00 bits per heavy atom. The standard InChI is InChI=1S/C17H20N2O4S/c1-11(2)9-14(17(20)21)18-10-12-7-8-16(24-12)13-5-3-4-6-15(13)19(22)23/h3-8,11,14,18H,9-10H2,1-2H3,(H,20,21)/t14-/m1/s1. The van der Waals surface area contributed by atoms with Crippen molar-refractivity contribution in [2.24, 2.45) is 5.92 Å². The summed E-state index contributed by atoms with van der Waals surface area (Å²) in [5.41, 5.74) is 0.651. The first-order valence-corrected chi connectivity index (χ1v) is 8.48. The predicted octanol–water partition coefficient (Wildman–Crippen LogP) is 3.91. The first-order chi connectivity index (χ1) is 11.4. The smallest absolute Gasteiger partial charge is 0.320 e. The number of carbonyl (C=O) groups is 1. The monoisotopic (exact) mass is 348 g/mol. The summed E-state index contributed by atoms with van der Waals surface area (Å²) in [5.74, 6) is -0.580. The Balaban J connectivity index is 2.11. The highest BCUT2D eigenvalue weighted by atomic mass is 32.1. The number of carboxylic acid groups (broad SMARTS) is 1. The molecule has 0 unspecified atom stereocenters. The molecule has 6 nitrogen and oxygen atoms in total. The van der Waals surface area contributed by atoms with Gasteiger partial charge in [-0.05, 0) is 30.5 Å². The van der Waals surface area contributed by atoms with Crippen molar-refractivity contribution in [1.82, 2.24) is 5.32 Å². The lowest BCUT2D eigenvalue weighted by molar-refractivity contribution is -0.384. The number of rotatable bonds is 8. The first-order valence-electron chi connectivity index (χ1n) is 7.67. The summed E-state index contributed by atoms with van der Waals surface area (Å²) in [4.78, 5) is 23.7. The number of hydrogen-bond donors (Lipinski definition) is 2. The number of nitrogens with zero attached hydrogens (tertiary/aromatic N) is 1. The Hall–Kier alpha value is -2.25. The molecular weight excluding hydrogens is 328 g/mol. The van der Waals surface area contributed by atoms with Crippen molar-refractivity contribution in [3.8, 4) is 10.4 Å². The van der Waals surface area contributed by atoms with Crippen LogP contribution in [0.3, 0.4) is 0 Å². The second-order valence-electron chi connectivity index (χ2n) is 5.94. The molecule has 128 valence electrons. The number of thiophene rings is 1. The Morgan fingerprint density at radius 3 is 2.62 bits per heavy atom. The van der Waals surface area contributed by atoms with Crippen LogP contribution in [0.2, 0.25) is 0 Å². The topological polar surface area (TPSA) is 92.5 Å². The maximum absolute atomic E-state index is 11.3. The summed E-state index contributed by atoms with van der Waals surface area (Å²) in [5, 5.41) is 23.4. The summed E-state index contributed by atoms with van der Waals surface area (Å²) in [7, 11) is 0. The molecule has 2 aromatic rings. The molecule has 0 amide bonds. The fourth-order valence-corrected chi connectivity index (χ4v) is 3.42. The summed E-state index contributed by atoms with van der Waals surface area (Å²) >= 11 is 1.43. The predicted molar refractivity (Wildman–Crippen MR) is 94.1 cm³/mol. The average molecular weight is 348 g/mol. The highest BCUT2D eigenvalue weighted by Gasteiger charge is 2.19. The Kier molecular flexibility index (Phi) is 6.05. The van der Waals surface area contributed by atoms with Gasteiger partial charge >= 0.3 is 5.97 Å². The number of carboxylic acids is 1. The number of aliphatic carboxylic acids is 1. The molecule has 0 radical (unpaired) electrons. The molecule has 0 saturated carbocycles. The fourth-order valence-electron chi connectivity index (χ4n) is 2.43. The molecule has 1 aromatic carbocycles. The van der Waals surface area contributed by atoms with Crippen LogP contribution in [0.5, 0.6) is 0 Å². The normalized spacial score (nSPS) is 12.3. The van der Waals surface area contributed by atoms with Crippen molar-refractivity contribution in [1.29, 1.82) is 0 Å². The van der Waals surface area contributed by atoms with Crippen molar-refractivity contribution in [3.63, 3.8) is 0 Å². The van der Waals surface area contributed by atoms with Crippen LogP contribution in [0.4, 0.5) is 5.69 Å². The SMILES string of the molecule is CC(C)C[C@@H](NCc1ccc(-c2ccccc2[N+](=O)[O-])s1)C(=O)O. The Bertz CT molecular complexity index is 727. The van der Waals surface area contributed by atoms with E-state index in [1.807, 2.05) is 26.0 Å². The van der Waals surface area contributed by atoms with Gasteiger partial charge in [-0.25, -0.2) is 0 Å². The molecule has 0 fully saturated rings. The number of benzene rings is 1. The van der Waals surface area contributed by atoms with Crippen LogP contribution in [-0.2, 0) is 11.3 Å². The van der Waals surface area contributed by atoms with Gasteiger partial charge in [-0.2, -0.15) is 0 Å². The number of hydrogen-bond acceptors (Lipinski definition) is 5. The lowest BCUT2D eigenvalue weighted by Crippen LogP contribution is -2.37. The molecule has 2 rings (SSSR count). The van der Waals surface area contributed by atoms with Crippen molar-refractivity contribution >= 4 is 23.0 Å². The molecule has 0 saturated heterocycles. The van der Waals surface area contributed by atoms with Gasteiger partial charge in [0.15, 0.2) is 0 Å². The molecule has 1 atom stereocenters. The number of nitrogens with one attached hydrogen (secondary N) is 1. The number of nitro benzene ring substituents is 1. The lowest BCUT2D eigenvalue weighted by Gasteiger charge is -2.15. The maximum atomic E-state index is 11.3. The molecule has 2 N–H and O–H groups in total. The van der Waals surface area contributed by atoms with Gasteiger partial charge in [0.1, 0.15) is 6.04 Å². The van der Waals surface area contributed by atoms with Gasteiger partial charge in [0.2, 0.25) is 0 Å². The minimum absolute atomic E-state index is 0.0714. The molecule has 7 heteroatoms. The summed E-state index contributed by atoms with van der Waals surface area (Å²) < 4.78 is 0. The molecule has 0 aliphatic heterocycles. The maximum Gasteiger partial charge on any atom is 0.320 e. The van der Waals surface area contributed by atoms with E-state index in [0.717, 1.165) is 9.75 Å². The number of nitro groups is 1. The van der Waals surface area contributed by atoms with Gasteiger partial charge in [-0.15, -0.1) is 11.3 Å². The van der Waals surface area contributed by atoms with E-state index >= 15 is 0 Å². The van der Waals surface area contributed by atoms with Gasteiger partial charge in [0.05, 0.1) is 10.5 Å². The molecule has 1 heterocycles. The minimum Gasteiger partial charge on any atom is -0.480 e. The van der Waals surface area contributed by atoms with E-state index in [2.05, 4.69) is 5.32 Å². The zero-order valence-corrected chi connectivity index (χ0v) is 14.4. The highest BCUT2D eigenvalue weighted by molar-refractivity contribution is 7.15. The van der Waals surface area contributed by atoms with E-state index in [1.165, 1.54) is 17.4 Å². The summed E-state index contributed by atoms with van der Waals surface area (Å²) in [6, 6.07) is 9.72. The van der Waals surface area contributed by atoms with Crippen LogP contribution in [0, 0.1) is 16.0 Å². The van der Waals surface area contributed by atoms with Crippen molar-refractivity contribution < 1.29 is 14.8 Å². The third-order valence-corrected chi connectivity index (χ3v) is 4.67. The van der Waals surface area contributed by atoms with E-state index in [0.29, 0.717) is 18.5 Å². The van der Waals surface area contributed by atoms with E-state index in [4.69, 9.17) is 0 Å². The van der Waals surface area contributed by atoms with Gasteiger partial charge in [-0.3, -0.25) is 20.2 Å². The van der Waals surface area contributed by atoms with Crippen LogP contribution in [0.1, 0.15) is 25.1 Å². The third-order valence-electron chi connectivity index (χ3n) is 3.56. The largest absolute Gasteiger partial charge is 0.480 e. The van der Waals surface area contributed by atoms with Gasteiger partial charge in [-0.1, -0.05) is 26.0 Å². The van der Waals surface area contributed by atoms with Crippen molar-refractivity contribution in [2.45, 2.75) is 32.9 Å². The van der Waals surface area contributed by atoms with E-state index in [9.17, 15) is 20.0 Å². The third kappa shape index (κ3) is 4.62. The zero-order chi connectivity index (χ0) is 17.7. The Morgan fingerprint density at radius 1 is 1.29 bits per heavy atom. The summed E-state index contributed by atoms with van der Waals surface area (Å²) in [6.07, 6.45) is 0.553. The molecule has 0 spiro atoms. The van der Waals surface area contributed by atoms with Crippen LogP contribution < -0.4 is 5.32 Å². The summed E-state index contributed by atoms with van der Waals surface area (Å²) in [6.45, 7) is 4.39. The molecule has 0 aliphatic rings. The lowest BCUT2D eigenvalue weighted by atomic mass is 10.0. The van der Waals surface area contributed by atoms with Gasteiger partial charge < -0.3 is 5.11 Å². The van der Waals surface area contributed by atoms with E-state index < -0.39 is 16.9 Å². The van der Waals surface area contributed by atoms with E-state index in [-0.39, 0.29) is 11.6 Å². The minimum atomic E-state index is -0.862. The average Bonchev–Trinajstić information content (AvgIpc) is 2.99. The van der Waals surface area contributed by atoms with E-state index in [1.54, 1.807) is 18.2 Å². The fraction of sp³-hybridized carbons (Fsp3) is 0.353. The molecule has 1 aromatic heterocycles. The van der Waals surface area contributed by atoms with Crippen LogP contribution >= 0.6 is 11.3 Å². The first kappa shape index (κ1) is 18.1. The van der Waals surface area contributed by atoms with Crippen LogP contribution in [0.15, 0.2) is 36.4 Å². The van der Waals surface area contributed by atoms with Crippen molar-refractivity contribution in [3.05, 3.63) is 51.4 Å². The zero-order valence-electron chi connectivity index (χ0n) is 13.6. The van der Waals surface area contributed by atoms with Gasteiger partial charge in [0.25, 0.3) is 5.69 Å². The highest BCUT2D eigenvalue weighted by Crippen LogP contribution is 2.34. The molecule has 0 bridgehead atoms. The van der Waals surface area contributed by atoms with Crippen LogP contribution in [0.25, 0.3) is 10.4 Å².